The Morgan fingerprint density at radius 2 is 2.19 bits per heavy atom. The predicted octanol–water partition coefficient (Wildman–Crippen LogP) is 2.47. The fourth-order valence-electron chi connectivity index (χ4n) is 2.30. The van der Waals surface area contributed by atoms with Gasteiger partial charge in [0.05, 0.1) is 5.56 Å². The van der Waals surface area contributed by atoms with Crippen LogP contribution in [0, 0.1) is 0 Å². The van der Waals surface area contributed by atoms with Gasteiger partial charge in [0, 0.05) is 17.8 Å². The fourth-order valence-corrected chi connectivity index (χ4v) is 3.55. The number of carboxylic acids is 1. The minimum atomic E-state index is -0.965. The fraction of sp³-hybridized carbons (Fsp3) is 0.467. The van der Waals surface area contributed by atoms with Gasteiger partial charge in [0.25, 0.3) is 0 Å². The maximum absolute atomic E-state index is 11.8. The Morgan fingerprint density at radius 1 is 1.38 bits per heavy atom. The van der Waals surface area contributed by atoms with Gasteiger partial charge in [-0.15, -0.1) is 0 Å². The SMILES string of the molecule is CC1(CNC(=O)NCc2cccc(C(=O)O)c2)CCCS1. The number of thioether (sulfide) groups is 1. The summed E-state index contributed by atoms with van der Waals surface area (Å²) in [4.78, 5) is 22.7. The predicted molar refractivity (Wildman–Crippen MR) is 83.7 cm³/mol. The van der Waals surface area contributed by atoms with Gasteiger partial charge in [-0.05, 0) is 43.2 Å². The van der Waals surface area contributed by atoms with E-state index in [-0.39, 0.29) is 16.3 Å². The van der Waals surface area contributed by atoms with Gasteiger partial charge in [-0.25, -0.2) is 9.59 Å². The van der Waals surface area contributed by atoms with Crippen LogP contribution in [-0.4, -0.2) is 34.2 Å². The molecule has 3 N–H and O–H groups in total. The first-order chi connectivity index (χ1) is 9.98. The van der Waals surface area contributed by atoms with Crippen molar-refractivity contribution in [2.75, 3.05) is 12.3 Å². The molecule has 0 saturated carbocycles. The van der Waals surface area contributed by atoms with Crippen LogP contribution in [-0.2, 0) is 6.54 Å². The molecule has 0 aromatic heterocycles. The number of urea groups is 1. The number of nitrogens with one attached hydrogen (secondary N) is 2. The van der Waals surface area contributed by atoms with Crippen molar-refractivity contribution in [1.29, 1.82) is 0 Å². The van der Waals surface area contributed by atoms with Crippen LogP contribution in [0.3, 0.4) is 0 Å². The minimum Gasteiger partial charge on any atom is -0.478 e. The van der Waals surface area contributed by atoms with E-state index < -0.39 is 5.97 Å². The van der Waals surface area contributed by atoms with E-state index in [1.54, 1.807) is 18.2 Å². The summed E-state index contributed by atoms with van der Waals surface area (Å²) in [5, 5.41) is 14.6. The van der Waals surface area contributed by atoms with Gasteiger partial charge in [-0.1, -0.05) is 12.1 Å². The van der Waals surface area contributed by atoms with Crippen LogP contribution in [0.4, 0.5) is 4.79 Å². The highest BCUT2D eigenvalue weighted by molar-refractivity contribution is 8.00. The highest BCUT2D eigenvalue weighted by Gasteiger charge is 2.29. The third-order valence-corrected chi connectivity index (χ3v) is 5.09. The molecule has 1 fully saturated rings. The summed E-state index contributed by atoms with van der Waals surface area (Å²) in [7, 11) is 0. The summed E-state index contributed by atoms with van der Waals surface area (Å²) in [6, 6.07) is 6.35. The molecule has 2 amide bonds. The quantitative estimate of drug-likeness (QED) is 0.781. The van der Waals surface area contributed by atoms with E-state index in [9.17, 15) is 9.59 Å². The first kappa shape index (κ1) is 15.7. The molecule has 21 heavy (non-hydrogen) atoms. The number of carboxylic acid groups (broad SMARTS) is 1. The van der Waals surface area contributed by atoms with Crippen LogP contribution in [0.15, 0.2) is 24.3 Å². The number of carbonyl (C=O) groups is 2. The van der Waals surface area contributed by atoms with Crippen LogP contribution in [0.25, 0.3) is 0 Å². The molecule has 1 saturated heterocycles. The van der Waals surface area contributed by atoms with Gasteiger partial charge in [0.15, 0.2) is 0 Å². The molecule has 1 aliphatic heterocycles. The van der Waals surface area contributed by atoms with Crippen molar-refractivity contribution in [2.24, 2.45) is 0 Å². The van der Waals surface area contributed by atoms with Gasteiger partial charge in [-0.2, -0.15) is 11.8 Å². The van der Waals surface area contributed by atoms with E-state index in [1.165, 1.54) is 12.5 Å². The number of hydrogen-bond acceptors (Lipinski definition) is 3. The molecule has 1 unspecified atom stereocenters. The van der Waals surface area contributed by atoms with Crippen molar-refractivity contribution in [2.45, 2.75) is 31.1 Å². The molecule has 0 radical (unpaired) electrons. The molecule has 5 nitrogen and oxygen atoms in total. The van der Waals surface area contributed by atoms with Gasteiger partial charge < -0.3 is 15.7 Å². The van der Waals surface area contributed by atoms with E-state index in [2.05, 4.69) is 17.6 Å². The van der Waals surface area contributed by atoms with E-state index >= 15 is 0 Å². The van der Waals surface area contributed by atoms with Gasteiger partial charge in [-0.3, -0.25) is 0 Å². The molecule has 1 atom stereocenters. The van der Waals surface area contributed by atoms with E-state index in [4.69, 9.17) is 5.11 Å². The Morgan fingerprint density at radius 3 is 2.86 bits per heavy atom. The average molecular weight is 308 g/mol. The van der Waals surface area contributed by atoms with Crippen molar-refractivity contribution in [3.63, 3.8) is 0 Å². The summed E-state index contributed by atoms with van der Waals surface area (Å²) in [5.74, 6) is 0.189. The standard InChI is InChI=1S/C15H20N2O3S/c1-15(6-3-7-21-15)10-17-14(20)16-9-11-4-2-5-12(8-11)13(18)19/h2,4-5,8H,3,6-7,9-10H2,1H3,(H,18,19)(H2,16,17,20). The Hall–Kier alpha value is -1.69. The number of carbonyl (C=O) groups excluding carboxylic acids is 1. The summed E-state index contributed by atoms with van der Waals surface area (Å²) in [6.07, 6.45) is 2.32. The van der Waals surface area contributed by atoms with Crippen LogP contribution in [0.5, 0.6) is 0 Å². The average Bonchev–Trinajstić information content (AvgIpc) is 2.90. The zero-order valence-corrected chi connectivity index (χ0v) is 12.8. The van der Waals surface area contributed by atoms with Crippen LogP contribution >= 0.6 is 11.8 Å². The summed E-state index contributed by atoms with van der Waals surface area (Å²) < 4.78 is 0.139. The topological polar surface area (TPSA) is 78.4 Å². The molecule has 6 heteroatoms. The number of amides is 2. The zero-order chi connectivity index (χ0) is 15.3. The molecule has 1 heterocycles. The van der Waals surface area contributed by atoms with Gasteiger partial charge >= 0.3 is 12.0 Å². The number of rotatable bonds is 5. The molecule has 1 aliphatic rings. The molecular weight excluding hydrogens is 288 g/mol. The van der Waals surface area contributed by atoms with Gasteiger partial charge in [0.2, 0.25) is 0 Å². The maximum atomic E-state index is 11.8. The smallest absolute Gasteiger partial charge is 0.335 e. The normalized spacial score (nSPS) is 21.0. The summed E-state index contributed by atoms with van der Waals surface area (Å²) >= 11 is 1.90. The van der Waals surface area contributed by atoms with Gasteiger partial charge in [0.1, 0.15) is 0 Å². The summed E-state index contributed by atoms with van der Waals surface area (Å²) in [6.45, 7) is 3.14. The van der Waals surface area contributed by atoms with E-state index in [1.807, 2.05) is 11.8 Å². The molecule has 114 valence electrons. The third-order valence-electron chi connectivity index (χ3n) is 3.55. The highest BCUT2D eigenvalue weighted by atomic mass is 32.2. The number of benzene rings is 1. The molecule has 1 aromatic rings. The van der Waals surface area contributed by atoms with Crippen LogP contribution < -0.4 is 10.6 Å². The molecule has 2 rings (SSSR count). The second-order valence-electron chi connectivity index (χ2n) is 5.44. The summed E-state index contributed by atoms with van der Waals surface area (Å²) in [5.41, 5.74) is 0.996. The largest absolute Gasteiger partial charge is 0.478 e. The lowest BCUT2D eigenvalue weighted by Gasteiger charge is -2.22. The molecule has 0 spiro atoms. The molecular formula is C15H20N2O3S. The maximum Gasteiger partial charge on any atom is 0.335 e. The number of aromatic carboxylic acids is 1. The van der Waals surface area contributed by atoms with Crippen LogP contribution in [0.1, 0.15) is 35.7 Å². The lowest BCUT2D eigenvalue weighted by molar-refractivity contribution is 0.0696. The van der Waals surface area contributed by atoms with Crippen molar-refractivity contribution >= 4 is 23.8 Å². The lowest BCUT2D eigenvalue weighted by atomic mass is 10.1. The Kier molecular flexibility index (Phi) is 5.12. The molecule has 1 aromatic carbocycles. The minimum absolute atomic E-state index is 0.139. The van der Waals surface area contributed by atoms with E-state index in [0.717, 1.165) is 17.7 Å². The number of hydrogen-bond donors (Lipinski definition) is 3. The highest BCUT2D eigenvalue weighted by Crippen LogP contribution is 2.36. The Bertz CT molecular complexity index is 527. The second-order valence-corrected chi connectivity index (χ2v) is 7.13. The van der Waals surface area contributed by atoms with Crippen molar-refractivity contribution in [3.8, 4) is 0 Å². The first-order valence-corrected chi connectivity index (χ1v) is 7.95. The lowest BCUT2D eigenvalue weighted by Crippen LogP contribution is -2.42. The molecule has 0 aliphatic carbocycles. The third kappa shape index (κ3) is 4.67. The van der Waals surface area contributed by atoms with Crippen molar-refractivity contribution in [3.05, 3.63) is 35.4 Å². The van der Waals surface area contributed by atoms with Crippen molar-refractivity contribution < 1.29 is 14.7 Å². The molecule has 0 bridgehead atoms. The Labute approximate surface area is 128 Å². The van der Waals surface area contributed by atoms with E-state index in [0.29, 0.717) is 13.1 Å². The van der Waals surface area contributed by atoms with Crippen LogP contribution in [0.2, 0.25) is 0 Å². The van der Waals surface area contributed by atoms with Crippen molar-refractivity contribution in [1.82, 2.24) is 10.6 Å². The first-order valence-electron chi connectivity index (χ1n) is 6.96. The monoisotopic (exact) mass is 308 g/mol. The second kappa shape index (κ2) is 6.85. The zero-order valence-electron chi connectivity index (χ0n) is 12.0. The Balaban J connectivity index is 1.78.